The Labute approximate surface area is 99.5 Å². The van der Waals surface area contributed by atoms with E-state index in [4.69, 9.17) is 4.74 Å². The fourth-order valence-corrected chi connectivity index (χ4v) is 2.89. The van der Waals surface area contributed by atoms with E-state index in [1.165, 1.54) is 25.7 Å². The van der Waals surface area contributed by atoms with Gasteiger partial charge in [-0.25, -0.2) is 0 Å². The smallest absolute Gasteiger partial charge is 0.0826 e. The van der Waals surface area contributed by atoms with Crippen LogP contribution >= 0.6 is 0 Å². The van der Waals surface area contributed by atoms with Crippen molar-refractivity contribution in [3.05, 3.63) is 0 Å². The first-order chi connectivity index (χ1) is 7.75. The third-order valence-electron chi connectivity index (χ3n) is 4.06. The number of morpholine rings is 1. The molecular formula is C13H26N2O. The van der Waals surface area contributed by atoms with Gasteiger partial charge in [0.2, 0.25) is 0 Å². The van der Waals surface area contributed by atoms with E-state index in [2.05, 4.69) is 24.2 Å². The third-order valence-corrected chi connectivity index (χ3v) is 4.06. The molecule has 1 N–H and O–H groups in total. The van der Waals surface area contributed by atoms with Crippen LogP contribution in [0.1, 0.15) is 32.6 Å². The molecule has 1 saturated heterocycles. The van der Waals surface area contributed by atoms with Crippen LogP contribution in [0.25, 0.3) is 0 Å². The Kier molecular flexibility index (Phi) is 4.62. The summed E-state index contributed by atoms with van der Waals surface area (Å²) in [6.07, 6.45) is 5.95. The summed E-state index contributed by atoms with van der Waals surface area (Å²) < 4.78 is 5.77. The largest absolute Gasteiger partial charge is 0.374 e. The summed E-state index contributed by atoms with van der Waals surface area (Å²) in [4.78, 5) is 2.36. The molecule has 3 heteroatoms. The molecule has 0 bridgehead atoms. The number of nitrogens with one attached hydrogen (secondary N) is 1. The second-order valence-electron chi connectivity index (χ2n) is 5.53. The van der Waals surface area contributed by atoms with E-state index in [-0.39, 0.29) is 0 Å². The minimum Gasteiger partial charge on any atom is -0.374 e. The van der Waals surface area contributed by atoms with Crippen molar-refractivity contribution < 1.29 is 4.74 Å². The van der Waals surface area contributed by atoms with Gasteiger partial charge in [-0.3, -0.25) is 0 Å². The van der Waals surface area contributed by atoms with Gasteiger partial charge in [0, 0.05) is 25.7 Å². The maximum Gasteiger partial charge on any atom is 0.0826 e. The van der Waals surface area contributed by atoms with E-state index < -0.39 is 0 Å². The normalized spacial score (nSPS) is 37.5. The lowest BCUT2D eigenvalue weighted by Gasteiger charge is -2.34. The van der Waals surface area contributed by atoms with Crippen LogP contribution in [0, 0.1) is 5.92 Å². The molecule has 2 fully saturated rings. The summed E-state index contributed by atoms with van der Waals surface area (Å²) >= 11 is 0. The fraction of sp³-hybridized carbons (Fsp3) is 1.00. The van der Waals surface area contributed by atoms with E-state index in [1.54, 1.807) is 0 Å². The number of ether oxygens (including phenoxy) is 1. The predicted molar refractivity (Wildman–Crippen MR) is 66.7 cm³/mol. The number of hydrogen-bond acceptors (Lipinski definition) is 3. The Balaban J connectivity index is 1.69. The number of nitrogens with zero attached hydrogens (tertiary/aromatic N) is 1. The number of hydrogen-bond donors (Lipinski definition) is 1. The molecule has 2 rings (SSSR count). The van der Waals surface area contributed by atoms with Crippen LogP contribution in [0.5, 0.6) is 0 Å². The summed E-state index contributed by atoms with van der Waals surface area (Å²) in [6.45, 7) is 6.46. The van der Waals surface area contributed by atoms with Crippen LogP contribution < -0.4 is 5.32 Å². The number of rotatable bonds is 3. The third kappa shape index (κ3) is 3.44. The summed E-state index contributed by atoms with van der Waals surface area (Å²) in [6, 6.07) is 0.726. The van der Waals surface area contributed by atoms with Crippen molar-refractivity contribution in [3.8, 4) is 0 Å². The Bertz CT molecular complexity index is 210. The molecular weight excluding hydrogens is 200 g/mol. The quantitative estimate of drug-likeness (QED) is 0.789. The average molecular weight is 226 g/mol. The van der Waals surface area contributed by atoms with Gasteiger partial charge in [0.05, 0.1) is 12.7 Å². The second kappa shape index (κ2) is 5.99. The Morgan fingerprint density at radius 2 is 2.12 bits per heavy atom. The van der Waals surface area contributed by atoms with Gasteiger partial charge in [0.25, 0.3) is 0 Å². The fourth-order valence-electron chi connectivity index (χ4n) is 2.89. The van der Waals surface area contributed by atoms with Crippen LogP contribution in [0.15, 0.2) is 0 Å². The van der Waals surface area contributed by atoms with E-state index in [9.17, 15) is 0 Å². The zero-order valence-corrected chi connectivity index (χ0v) is 10.7. The highest BCUT2D eigenvalue weighted by molar-refractivity contribution is 4.80. The highest BCUT2D eigenvalue weighted by atomic mass is 16.5. The van der Waals surface area contributed by atoms with E-state index in [1.807, 2.05) is 0 Å². The van der Waals surface area contributed by atoms with Gasteiger partial charge in [-0.1, -0.05) is 19.8 Å². The predicted octanol–water partition coefficient (Wildman–Crippen LogP) is 1.49. The molecule has 0 aromatic rings. The molecule has 1 saturated carbocycles. The van der Waals surface area contributed by atoms with Gasteiger partial charge in [-0.05, 0) is 25.8 Å². The molecule has 16 heavy (non-hydrogen) atoms. The van der Waals surface area contributed by atoms with Crippen molar-refractivity contribution in [2.45, 2.75) is 44.8 Å². The van der Waals surface area contributed by atoms with E-state index >= 15 is 0 Å². The Hall–Kier alpha value is -0.120. The lowest BCUT2D eigenvalue weighted by molar-refractivity contribution is -0.0205. The molecule has 0 aromatic carbocycles. The molecule has 0 spiro atoms. The van der Waals surface area contributed by atoms with Crippen LogP contribution in [0.2, 0.25) is 0 Å². The lowest BCUT2D eigenvalue weighted by Crippen LogP contribution is -2.48. The van der Waals surface area contributed by atoms with Gasteiger partial charge in [0.15, 0.2) is 0 Å². The van der Waals surface area contributed by atoms with E-state index in [0.717, 1.165) is 38.2 Å². The van der Waals surface area contributed by atoms with Gasteiger partial charge < -0.3 is 15.0 Å². The van der Waals surface area contributed by atoms with Crippen molar-refractivity contribution in [3.63, 3.8) is 0 Å². The molecule has 0 amide bonds. The van der Waals surface area contributed by atoms with Crippen molar-refractivity contribution in [2.24, 2.45) is 5.92 Å². The molecule has 1 heterocycles. The minimum absolute atomic E-state index is 0.396. The SMILES string of the molecule is CC1CCCCC1NCC1CN(C)CCO1. The molecule has 94 valence electrons. The van der Waals surface area contributed by atoms with Crippen LogP contribution in [0.3, 0.4) is 0 Å². The maximum absolute atomic E-state index is 5.77. The van der Waals surface area contributed by atoms with Crippen molar-refractivity contribution in [2.75, 3.05) is 33.3 Å². The first kappa shape index (κ1) is 12.3. The Morgan fingerprint density at radius 1 is 1.31 bits per heavy atom. The summed E-state index contributed by atoms with van der Waals surface area (Å²) in [7, 11) is 2.18. The average Bonchev–Trinajstić information content (AvgIpc) is 2.28. The maximum atomic E-state index is 5.77. The monoisotopic (exact) mass is 226 g/mol. The summed E-state index contributed by atoms with van der Waals surface area (Å²) in [5.41, 5.74) is 0. The van der Waals surface area contributed by atoms with Crippen molar-refractivity contribution >= 4 is 0 Å². The molecule has 0 aromatic heterocycles. The first-order valence-electron chi connectivity index (χ1n) is 6.79. The van der Waals surface area contributed by atoms with Crippen molar-refractivity contribution in [1.82, 2.24) is 10.2 Å². The van der Waals surface area contributed by atoms with Gasteiger partial charge in [0.1, 0.15) is 0 Å². The molecule has 1 aliphatic carbocycles. The standard InChI is InChI=1S/C13H26N2O/c1-11-5-3-4-6-13(11)14-9-12-10-15(2)7-8-16-12/h11-14H,3-10H2,1-2H3. The summed E-state index contributed by atoms with van der Waals surface area (Å²) in [5, 5.41) is 3.71. The highest BCUT2D eigenvalue weighted by Gasteiger charge is 2.23. The first-order valence-corrected chi connectivity index (χ1v) is 6.79. The number of likely N-dealkylation sites (N-methyl/N-ethyl adjacent to an activating group) is 1. The lowest BCUT2D eigenvalue weighted by atomic mass is 9.86. The van der Waals surface area contributed by atoms with Crippen LogP contribution in [0.4, 0.5) is 0 Å². The van der Waals surface area contributed by atoms with Crippen LogP contribution in [-0.2, 0) is 4.74 Å². The van der Waals surface area contributed by atoms with Crippen molar-refractivity contribution in [1.29, 1.82) is 0 Å². The van der Waals surface area contributed by atoms with Crippen LogP contribution in [-0.4, -0.2) is 50.3 Å². The molecule has 1 aliphatic heterocycles. The van der Waals surface area contributed by atoms with Gasteiger partial charge in [-0.2, -0.15) is 0 Å². The van der Waals surface area contributed by atoms with E-state index in [0.29, 0.717) is 6.10 Å². The zero-order valence-electron chi connectivity index (χ0n) is 10.7. The van der Waals surface area contributed by atoms with Gasteiger partial charge in [-0.15, -0.1) is 0 Å². The topological polar surface area (TPSA) is 24.5 Å². The Morgan fingerprint density at radius 3 is 2.88 bits per heavy atom. The molecule has 3 atom stereocenters. The molecule has 3 nitrogen and oxygen atoms in total. The van der Waals surface area contributed by atoms with Gasteiger partial charge >= 0.3 is 0 Å². The zero-order chi connectivity index (χ0) is 11.4. The molecule has 2 aliphatic rings. The molecule has 3 unspecified atom stereocenters. The highest BCUT2D eigenvalue weighted by Crippen LogP contribution is 2.23. The second-order valence-corrected chi connectivity index (χ2v) is 5.53. The molecule has 0 radical (unpaired) electrons. The summed E-state index contributed by atoms with van der Waals surface area (Å²) in [5.74, 6) is 0.843. The minimum atomic E-state index is 0.396.